The van der Waals surface area contributed by atoms with Crippen molar-refractivity contribution in [2.24, 2.45) is 11.8 Å². The van der Waals surface area contributed by atoms with Crippen molar-refractivity contribution in [1.29, 1.82) is 0 Å². The van der Waals surface area contributed by atoms with Crippen molar-refractivity contribution < 1.29 is 9.47 Å². The molecule has 9 heteroatoms. The Kier molecular flexibility index (Phi) is 9.78. The highest BCUT2D eigenvalue weighted by Gasteiger charge is 2.20. The summed E-state index contributed by atoms with van der Waals surface area (Å²) in [6.07, 6.45) is 9.24. The molecule has 0 aliphatic carbocycles. The van der Waals surface area contributed by atoms with Gasteiger partial charge in [0.2, 0.25) is 5.95 Å². The Labute approximate surface area is 387 Å². The van der Waals surface area contributed by atoms with E-state index < -0.39 is 0 Å². The van der Waals surface area contributed by atoms with E-state index in [0.717, 1.165) is 90.6 Å². The van der Waals surface area contributed by atoms with Crippen LogP contribution in [0.2, 0.25) is 0 Å². The molecule has 0 radical (unpaired) electrons. The summed E-state index contributed by atoms with van der Waals surface area (Å²) in [7, 11) is 0. The van der Waals surface area contributed by atoms with Crippen molar-refractivity contribution >= 4 is 65.4 Å². The lowest BCUT2D eigenvalue weighted by molar-refractivity contribution is 0.484. The highest BCUT2D eigenvalue weighted by Crippen LogP contribution is 2.41. The first-order chi connectivity index (χ1) is 32.8. The molecule has 0 fully saturated rings. The van der Waals surface area contributed by atoms with E-state index in [1.165, 1.54) is 21.9 Å². The number of benzene rings is 6. The van der Waals surface area contributed by atoms with Gasteiger partial charge in [0.05, 0.1) is 33.1 Å². The van der Waals surface area contributed by atoms with Crippen LogP contribution in [0.1, 0.15) is 38.8 Å². The van der Waals surface area contributed by atoms with Gasteiger partial charge in [-0.15, -0.1) is 0 Å². The first-order valence-electron chi connectivity index (χ1n) is 23.0. The minimum Gasteiger partial charge on any atom is -0.457 e. The Bertz CT molecular complexity index is 3590. The van der Waals surface area contributed by atoms with Gasteiger partial charge in [-0.25, -0.2) is 19.9 Å². The molecule has 0 spiro atoms. The molecule has 0 saturated carbocycles. The highest BCUT2D eigenvalue weighted by atomic mass is 16.5. The average molecular weight is 874 g/mol. The standard InChI is InChI=1S/C58H47N7O2/c1-36(2)28-38-12-18-44-46-20-14-40(32-52(46)63(50(44)30-38)56-10-5-7-24-59-56)66-42-16-22-48-49-23-17-43(35-55(49)65(54(48)34-42)58-61-26-9-27-62-58)67-41-15-21-47-45-19-13-39(29-37(3)4)31-51(45)64(53(47)33-41)57-11-6-8-25-60-57/h5-27,30-37H,28-29H2,1-4H3. The molecule has 0 aliphatic rings. The van der Waals surface area contributed by atoms with Crippen molar-refractivity contribution in [3.05, 3.63) is 188 Å². The molecule has 326 valence electrons. The quantitative estimate of drug-likeness (QED) is 0.129. The summed E-state index contributed by atoms with van der Waals surface area (Å²) in [4.78, 5) is 19.0. The number of ether oxygens (including phenoxy) is 2. The van der Waals surface area contributed by atoms with Gasteiger partial charge in [-0.2, -0.15) is 0 Å². The molecule has 12 aromatic rings. The number of aromatic nitrogens is 7. The number of pyridine rings is 2. The molecule has 67 heavy (non-hydrogen) atoms. The maximum Gasteiger partial charge on any atom is 0.234 e. The maximum absolute atomic E-state index is 6.75. The number of nitrogens with zero attached hydrogens (tertiary/aromatic N) is 7. The van der Waals surface area contributed by atoms with Gasteiger partial charge in [0.15, 0.2) is 0 Å². The van der Waals surface area contributed by atoms with Gasteiger partial charge in [0, 0.05) is 81.4 Å². The van der Waals surface area contributed by atoms with Crippen molar-refractivity contribution in [1.82, 2.24) is 33.6 Å². The predicted molar refractivity (Wildman–Crippen MR) is 271 cm³/mol. The van der Waals surface area contributed by atoms with Gasteiger partial charge < -0.3 is 9.47 Å². The molecule has 0 unspecified atom stereocenters. The summed E-state index contributed by atoms with van der Waals surface area (Å²) >= 11 is 0. The molecule has 6 aromatic carbocycles. The van der Waals surface area contributed by atoms with Crippen LogP contribution in [-0.2, 0) is 12.8 Å². The van der Waals surface area contributed by atoms with Gasteiger partial charge in [0.25, 0.3) is 0 Å². The molecule has 12 rings (SSSR count). The van der Waals surface area contributed by atoms with E-state index in [9.17, 15) is 0 Å². The number of hydrogen-bond donors (Lipinski definition) is 0. The van der Waals surface area contributed by atoms with E-state index in [0.29, 0.717) is 29.3 Å². The molecule has 0 N–H and O–H groups in total. The van der Waals surface area contributed by atoms with Crippen LogP contribution in [0.5, 0.6) is 23.0 Å². The zero-order valence-electron chi connectivity index (χ0n) is 37.8. The van der Waals surface area contributed by atoms with Crippen molar-refractivity contribution in [2.45, 2.75) is 40.5 Å². The molecule has 0 aliphatic heterocycles. The molecule has 9 nitrogen and oxygen atoms in total. The van der Waals surface area contributed by atoms with Gasteiger partial charge >= 0.3 is 0 Å². The summed E-state index contributed by atoms with van der Waals surface area (Å²) in [5.74, 6) is 6.20. The zero-order valence-corrected chi connectivity index (χ0v) is 37.8. The summed E-state index contributed by atoms with van der Waals surface area (Å²) in [6.45, 7) is 9.03. The second kappa shape index (κ2) is 16.3. The van der Waals surface area contributed by atoms with Crippen molar-refractivity contribution in [3.8, 4) is 40.6 Å². The number of hydrogen-bond acceptors (Lipinski definition) is 6. The molecule has 0 bridgehead atoms. The van der Waals surface area contributed by atoms with E-state index in [4.69, 9.17) is 29.4 Å². The molecule has 0 amide bonds. The van der Waals surface area contributed by atoms with Gasteiger partial charge in [-0.3, -0.25) is 13.7 Å². The third-order valence-electron chi connectivity index (χ3n) is 12.6. The van der Waals surface area contributed by atoms with E-state index >= 15 is 0 Å². The summed E-state index contributed by atoms with van der Waals surface area (Å²) < 4.78 is 20.1. The molecular weight excluding hydrogens is 827 g/mol. The van der Waals surface area contributed by atoms with Gasteiger partial charge in [0.1, 0.15) is 34.6 Å². The molecular formula is C58H47N7O2. The summed E-state index contributed by atoms with van der Waals surface area (Å²) in [5, 5.41) is 6.74. The first-order valence-corrected chi connectivity index (χ1v) is 23.0. The van der Waals surface area contributed by atoms with Crippen LogP contribution in [-0.4, -0.2) is 33.6 Å². The number of fused-ring (bicyclic) bond motifs is 9. The first kappa shape index (κ1) is 40.2. The van der Waals surface area contributed by atoms with Crippen LogP contribution in [0.4, 0.5) is 0 Å². The minimum absolute atomic E-state index is 0.549. The second-order valence-corrected chi connectivity index (χ2v) is 18.2. The average Bonchev–Trinajstić information content (AvgIpc) is 3.95. The fraction of sp³-hybridized carbons (Fsp3) is 0.138. The second-order valence-electron chi connectivity index (χ2n) is 18.2. The third kappa shape index (κ3) is 7.20. The van der Waals surface area contributed by atoms with Crippen molar-refractivity contribution in [3.63, 3.8) is 0 Å². The van der Waals surface area contributed by atoms with Crippen LogP contribution in [0.15, 0.2) is 176 Å². The maximum atomic E-state index is 6.75. The molecule has 0 atom stereocenters. The monoisotopic (exact) mass is 873 g/mol. The Balaban J connectivity index is 0.938. The SMILES string of the molecule is CC(C)Cc1ccc2c3ccc(Oc4ccc5c6ccc(Oc7ccc8c9ccc(CC(C)C)cc9n(-c9ccccn9)c8c7)cc6n(-c6ncccn6)c5c4)cc3n(-c3ccccn3)c2c1. The van der Waals surface area contributed by atoms with Gasteiger partial charge in [-0.1, -0.05) is 64.1 Å². The lowest BCUT2D eigenvalue weighted by Crippen LogP contribution is -2.00. The fourth-order valence-electron chi connectivity index (χ4n) is 9.88. The summed E-state index contributed by atoms with van der Waals surface area (Å²) in [6, 6.07) is 52.6. The molecule has 6 heterocycles. The third-order valence-corrected chi connectivity index (χ3v) is 12.6. The normalized spacial score (nSPS) is 12.0. The minimum atomic E-state index is 0.549. The Morgan fingerprint density at radius 3 is 1.06 bits per heavy atom. The molecule has 0 saturated heterocycles. The topological polar surface area (TPSA) is 84.8 Å². The van der Waals surface area contributed by atoms with E-state index in [1.807, 2.05) is 67.0 Å². The van der Waals surface area contributed by atoms with E-state index in [2.05, 4.69) is 138 Å². The highest BCUT2D eigenvalue weighted by molar-refractivity contribution is 6.12. The smallest absolute Gasteiger partial charge is 0.234 e. The Hall–Kier alpha value is -8.30. The van der Waals surface area contributed by atoms with Gasteiger partial charge in [-0.05, 0) is 127 Å². The Morgan fingerprint density at radius 2 is 0.701 bits per heavy atom. The lowest BCUT2D eigenvalue weighted by Gasteiger charge is -2.11. The summed E-state index contributed by atoms with van der Waals surface area (Å²) in [5.41, 5.74) is 8.76. The zero-order chi connectivity index (χ0) is 45.2. The largest absolute Gasteiger partial charge is 0.457 e. The van der Waals surface area contributed by atoms with Crippen molar-refractivity contribution in [2.75, 3.05) is 0 Å². The molecule has 6 aromatic heterocycles. The van der Waals surface area contributed by atoms with Crippen LogP contribution in [0.25, 0.3) is 83.0 Å². The lowest BCUT2D eigenvalue weighted by atomic mass is 10.0. The van der Waals surface area contributed by atoms with E-state index in [-0.39, 0.29) is 0 Å². The van der Waals surface area contributed by atoms with Crippen LogP contribution in [0.3, 0.4) is 0 Å². The van der Waals surface area contributed by atoms with E-state index in [1.54, 1.807) is 12.4 Å². The van der Waals surface area contributed by atoms with Crippen LogP contribution >= 0.6 is 0 Å². The fourth-order valence-corrected chi connectivity index (χ4v) is 9.88. The Morgan fingerprint density at radius 1 is 0.358 bits per heavy atom. The predicted octanol–water partition coefficient (Wildman–Crippen LogP) is 14.5. The van der Waals surface area contributed by atoms with Crippen LogP contribution in [0, 0.1) is 11.8 Å². The van der Waals surface area contributed by atoms with Crippen LogP contribution < -0.4 is 9.47 Å². The number of rotatable bonds is 11.